The standard InChI is InChI=1S/C58H107N2O6P/c1-6-8-10-12-14-16-18-20-22-23-24-25-26-27-28-29-30-31-32-33-34-35-36-37-38-40-42-44-46-48-50-52-58(62)59-56(55-66-67(63,64)65-54-53-60(3,4)5)57(61)51-49-47-45-43-41-39-21-19-17-15-13-11-9-7-2/h8,10,14,16,20,22,24-25,27-28,30-31,56-57,61H,6-7,9,11-13,15,17-19,21,23,26,29,32-55H2,1-5H3,(H-,59,62,63,64)/p+1/b10-8-,16-14-,22-20-,25-24-,28-27-,31-30-. The highest BCUT2D eigenvalue weighted by atomic mass is 31.2. The average molecular weight is 960 g/mol. The van der Waals surface area contributed by atoms with Crippen LogP contribution in [0.25, 0.3) is 0 Å². The largest absolute Gasteiger partial charge is 0.472 e. The van der Waals surface area contributed by atoms with Gasteiger partial charge in [0.2, 0.25) is 5.91 Å². The SMILES string of the molecule is CC/C=C\C/C=C\C/C=C\C/C=C\C/C=C\C/C=C\CCCCCCCCCCCCCCC(=O)NC(COP(=O)(O)OCC[N+](C)(C)C)C(O)CCCCCCCCCCCCCCCC. The molecule has 0 bridgehead atoms. The van der Waals surface area contributed by atoms with Gasteiger partial charge in [0.25, 0.3) is 0 Å². The highest BCUT2D eigenvalue weighted by Gasteiger charge is 2.28. The first-order chi connectivity index (χ1) is 32.5. The number of nitrogens with zero attached hydrogens (tertiary/aromatic N) is 1. The van der Waals surface area contributed by atoms with Crippen molar-refractivity contribution in [1.29, 1.82) is 0 Å². The van der Waals surface area contributed by atoms with Crippen LogP contribution >= 0.6 is 7.82 Å². The van der Waals surface area contributed by atoms with E-state index in [4.69, 9.17) is 9.05 Å². The highest BCUT2D eigenvalue weighted by molar-refractivity contribution is 7.47. The summed E-state index contributed by atoms with van der Waals surface area (Å²) in [5.74, 6) is -0.148. The van der Waals surface area contributed by atoms with Crippen molar-refractivity contribution in [3.63, 3.8) is 0 Å². The molecule has 0 heterocycles. The fourth-order valence-electron chi connectivity index (χ4n) is 7.87. The molecule has 0 fully saturated rings. The van der Waals surface area contributed by atoms with Gasteiger partial charge in [0.1, 0.15) is 13.2 Å². The maximum atomic E-state index is 13.0. The Kier molecular flexibility index (Phi) is 47.4. The number of phosphoric ester groups is 1. The van der Waals surface area contributed by atoms with E-state index in [9.17, 15) is 19.4 Å². The number of amides is 1. The first-order valence-corrected chi connectivity index (χ1v) is 29.3. The summed E-state index contributed by atoms with van der Waals surface area (Å²) in [6.45, 7) is 4.78. The molecule has 0 aliphatic carbocycles. The van der Waals surface area contributed by atoms with E-state index < -0.39 is 20.0 Å². The number of carbonyl (C=O) groups is 1. The van der Waals surface area contributed by atoms with Gasteiger partial charge in [-0.1, -0.05) is 241 Å². The highest BCUT2D eigenvalue weighted by Crippen LogP contribution is 2.43. The zero-order valence-electron chi connectivity index (χ0n) is 44.4. The van der Waals surface area contributed by atoms with Crippen molar-refractivity contribution >= 4 is 13.7 Å². The molecule has 0 aliphatic rings. The fraction of sp³-hybridized carbons (Fsp3) is 0.776. The van der Waals surface area contributed by atoms with Crippen LogP contribution in [0.4, 0.5) is 0 Å². The van der Waals surface area contributed by atoms with Crippen LogP contribution in [0.3, 0.4) is 0 Å². The van der Waals surface area contributed by atoms with Crippen molar-refractivity contribution < 1.29 is 32.9 Å². The second-order valence-corrected chi connectivity index (χ2v) is 21.4. The van der Waals surface area contributed by atoms with Crippen molar-refractivity contribution in [2.75, 3.05) is 40.9 Å². The lowest BCUT2D eigenvalue weighted by molar-refractivity contribution is -0.870. The molecule has 0 radical (unpaired) electrons. The Balaban J connectivity index is 4.12. The number of hydrogen-bond acceptors (Lipinski definition) is 5. The monoisotopic (exact) mass is 960 g/mol. The molecular weight excluding hydrogens is 852 g/mol. The predicted octanol–water partition coefficient (Wildman–Crippen LogP) is 16.7. The van der Waals surface area contributed by atoms with E-state index in [0.717, 1.165) is 77.0 Å². The number of carbonyl (C=O) groups excluding carboxylic acids is 1. The van der Waals surface area contributed by atoms with Crippen LogP contribution in [0, 0.1) is 0 Å². The molecule has 0 aromatic heterocycles. The number of quaternary nitrogens is 1. The number of rotatable bonds is 50. The van der Waals surface area contributed by atoms with E-state index in [2.05, 4.69) is 92.1 Å². The van der Waals surface area contributed by atoms with Crippen LogP contribution < -0.4 is 5.32 Å². The first kappa shape index (κ1) is 64.9. The van der Waals surface area contributed by atoms with Crippen molar-refractivity contribution in [3.05, 3.63) is 72.9 Å². The molecule has 0 spiro atoms. The molecule has 390 valence electrons. The molecule has 3 unspecified atom stereocenters. The zero-order valence-corrected chi connectivity index (χ0v) is 45.3. The molecular formula is C58H108N2O6P+. The van der Waals surface area contributed by atoms with E-state index in [1.165, 1.54) is 135 Å². The van der Waals surface area contributed by atoms with E-state index in [1.54, 1.807) is 0 Å². The van der Waals surface area contributed by atoms with E-state index in [0.29, 0.717) is 23.9 Å². The van der Waals surface area contributed by atoms with Gasteiger partial charge in [-0.2, -0.15) is 0 Å². The summed E-state index contributed by atoms with van der Waals surface area (Å²) in [5, 5.41) is 14.0. The Morgan fingerprint density at radius 3 is 1.31 bits per heavy atom. The third-order valence-corrected chi connectivity index (χ3v) is 13.2. The summed E-state index contributed by atoms with van der Waals surface area (Å²) in [7, 11) is 1.61. The topological polar surface area (TPSA) is 105 Å². The molecule has 0 aromatic carbocycles. The van der Waals surface area contributed by atoms with E-state index >= 15 is 0 Å². The minimum atomic E-state index is -4.32. The van der Waals surface area contributed by atoms with Gasteiger partial charge in [0.05, 0.1) is 39.9 Å². The number of allylic oxidation sites excluding steroid dienone is 12. The van der Waals surface area contributed by atoms with Gasteiger partial charge in [0, 0.05) is 6.42 Å². The summed E-state index contributed by atoms with van der Waals surface area (Å²) < 4.78 is 23.7. The molecule has 8 nitrogen and oxygen atoms in total. The third kappa shape index (κ3) is 51.6. The Bertz CT molecular complexity index is 1320. The lowest BCUT2D eigenvalue weighted by Crippen LogP contribution is -2.46. The van der Waals surface area contributed by atoms with Crippen LogP contribution in [0.15, 0.2) is 72.9 Å². The lowest BCUT2D eigenvalue weighted by atomic mass is 10.0. The van der Waals surface area contributed by atoms with Gasteiger partial charge in [-0.3, -0.25) is 13.8 Å². The Labute approximate surface area is 414 Å². The number of hydrogen-bond donors (Lipinski definition) is 3. The van der Waals surface area contributed by atoms with E-state index in [-0.39, 0.29) is 19.1 Å². The molecule has 0 saturated carbocycles. The number of aliphatic hydroxyl groups excluding tert-OH is 1. The number of likely N-dealkylation sites (N-methyl/N-ethyl adjacent to an activating group) is 1. The molecule has 0 aromatic rings. The number of phosphoric acid groups is 1. The summed E-state index contributed by atoms with van der Waals surface area (Å²) >= 11 is 0. The Hall–Kier alpha value is -2.06. The normalized spacial score (nSPS) is 14.6. The predicted molar refractivity (Wildman–Crippen MR) is 290 cm³/mol. The number of nitrogens with one attached hydrogen (secondary N) is 1. The zero-order chi connectivity index (χ0) is 49.2. The number of unbranched alkanes of at least 4 members (excludes halogenated alkanes) is 25. The van der Waals surface area contributed by atoms with Gasteiger partial charge >= 0.3 is 7.82 Å². The first-order valence-electron chi connectivity index (χ1n) is 27.8. The fourth-order valence-corrected chi connectivity index (χ4v) is 8.61. The summed E-state index contributed by atoms with van der Waals surface area (Å²) in [4.78, 5) is 23.3. The van der Waals surface area contributed by atoms with Crippen LogP contribution in [0.2, 0.25) is 0 Å². The summed E-state index contributed by atoms with van der Waals surface area (Å²) in [6.07, 6.45) is 66.6. The molecule has 0 aliphatic heterocycles. The minimum Gasteiger partial charge on any atom is -0.391 e. The minimum absolute atomic E-state index is 0.0722. The van der Waals surface area contributed by atoms with Crippen molar-refractivity contribution in [1.82, 2.24) is 5.32 Å². The molecule has 0 rings (SSSR count). The maximum absolute atomic E-state index is 13.0. The summed E-state index contributed by atoms with van der Waals surface area (Å²) in [6, 6.07) is -0.764. The molecule has 3 atom stereocenters. The van der Waals surface area contributed by atoms with Gasteiger partial charge < -0.3 is 19.8 Å². The lowest BCUT2D eigenvalue weighted by Gasteiger charge is -2.26. The van der Waals surface area contributed by atoms with Crippen molar-refractivity contribution in [2.45, 2.75) is 251 Å². The third-order valence-electron chi connectivity index (χ3n) is 12.2. The van der Waals surface area contributed by atoms with Crippen LogP contribution in [-0.4, -0.2) is 73.4 Å². The average Bonchev–Trinajstić information content (AvgIpc) is 3.29. The quantitative estimate of drug-likeness (QED) is 0.0243. The van der Waals surface area contributed by atoms with E-state index in [1.807, 2.05) is 21.1 Å². The molecule has 0 saturated heterocycles. The van der Waals surface area contributed by atoms with Gasteiger partial charge in [0.15, 0.2) is 0 Å². The van der Waals surface area contributed by atoms with Crippen LogP contribution in [0.1, 0.15) is 239 Å². The summed E-state index contributed by atoms with van der Waals surface area (Å²) in [5.41, 5.74) is 0. The van der Waals surface area contributed by atoms with Crippen molar-refractivity contribution in [2.24, 2.45) is 0 Å². The number of aliphatic hydroxyl groups is 1. The maximum Gasteiger partial charge on any atom is 0.472 e. The molecule has 67 heavy (non-hydrogen) atoms. The van der Waals surface area contributed by atoms with Crippen LogP contribution in [0.5, 0.6) is 0 Å². The van der Waals surface area contributed by atoms with Crippen molar-refractivity contribution in [3.8, 4) is 0 Å². The van der Waals surface area contributed by atoms with Gasteiger partial charge in [-0.15, -0.1) is 0 Å². The second kappa shape index (κ2) is 48.9. The second-order valence-electron chi connectivity index (χ2n) is 19.9. The van der Waals surface area contributed by atoms with Crippen LogP contribution in [-0.2, 0) is 18.4 Å². The van der Waals surface area contributed by atoms with Gasteiger partial charge in [-0.25, -0.2) is 4.57 Å². The smallest absolute Gasteiger partial charge is 0.391 e. The molecule has 1 amide bonds. The Morgan fingerprint density at radius 2 is 0.896 bits per heavy atom. The molecule has 9 heteroatoms. The Morgan fingerprint density at radius 1 is 0.522 bits per heavy atom. The van der Waals surface area contributed by atoms with Gasteiger partial charge in [-0.05, 0) is 64.2 Å². The molecule has 3 N–H and O–H groups in total.